The molecule has 4 aromatic rings. The maximum absolute atomic E-state index is 14.0. The third kappa shape index (κ3) is 10.1. The minimum atomic E-state index is -0.0811. The molecule has 226 valence electrons. The number of aryl methyl sites for hydroxylation is 1. The van der Waals surface area contributed by atoms with E-state index in [1.807, 2.05) is 103 Å². The van der Waals surface area contributed by atoms with Crippen LogP contribution in [0.25, 0.3) is 0 Å². The fraction of sp³-hybridized carbons (Fsp3) is 0.333. The molecule has 4 rings (SSSR count). The van der Waals surface area contributed by atoms with Crippen LogP contribution in [0.3, 0.4) is 0 Å². The van der Waals surface area contributed by atoms with Crippen molar-refractivity contribution in [3.63, 3.8) is 0 Å². The van der Waals surface area contributed by atoms with Crippen LogP contribution in [0.5, 0.6) is 5.75 Å². The van der Waals surface area contributed by atoms with Gasteiger partial charge < -0.3 is 23.8 Å². The SMILES string of the molecule is CCOCCCN(CC(=O)N(Cc1ccccc1)Cc1cccn1Cc1cccc(OC)c1)C(=O)CCc1ccccc1. The number of benzene rings is 3. The van der Waals surface area contributed by atoms with E-state index in [0.29, 0.717) is 58.7 Å². The normalized spacial score (nSPS) is 10.8. The predicted octanol–water partition coefficient (Wildman–Crippen LogP) is 5.96. The molecule has 0 aliphatic heterocycles. The van der Waals surface area contributed by atoms with Crippen molar-refractivity contribution in [3.8, 4) is 5.75 Å². The lowest BCUT2D eigenvalue weighted by atomic mass is 10.1. The van der Waals surface area contributed by atoms with Crippen LogP contribution < -0.4 is 4.74 Å². The molecule has 0 radical (unpaired) electrons. The van der Waals surface area contributed by atoms with Crippen LogP contribution >= 0.6 is 0 Å². The number of nitrogens with zero attached hydrogens (tertiary/aromatic N) is 3. The standard InChI is InChI=1S/C36H43N3O4/c1-3-43-24-12-23-38(35(40)21-20-30-13-6-4-7-14-30)29-36(41)39(26-31-15-8-5-9-16-31)28-33-18-11-22-37(33)27-32-17-10-19-34(25-32)42-2/h4-11,13-19,22,25H,3,12,20-21,23-24,26-29H2,1-2H3. The Labute approximate surface area is 255 Å². The van der Waals surface area contributed by atoms with E-state index in [4.69, 9.17) is 9.47 Å². The fourth-order valence-corrected chi connectivity index (χ4v) is 5.06. The Balaban J connectivity index is 1.50. The van der Waals surface area contributed by atoms with Gasteiger partial charge in [0.15, 0.2) is 0 Å². The Kier molecular flexibility index (Phi) is 12.4. The smallest absolute Gasteiger partial charge is 0.242 e. The molecule has 2 amide bonds. The lowest BCUT2D eigenvalue weighted by molar-refractivity contribution is -0.141. The van der Waals surface area contributed by atoms with Crippen molar-refractivity contribution in [1.29, 1.82) is 0 Å². The highest BCUT2D eigenvalue weighted by molar-refractivity contribution is 5.85. The molecule has 0 saturated heterocycles. The highest BCUT2D eigenvalue weighted by Gasteiger charge is 2.22. The zero-order chi connectivity index (χ0) is 30.3. The number of methoxy groups -OCH3 is 1. The van der Waals surface area contributed by atoms with E-state index in [1.54, 1.807) is 12.0 Å². The van der Waals surface area contributed by atoms with Crippen LogP contribution in [-0.2, 0) is 40.4 Å². The zero-order valence-electron chi connectivity index (χ0n) is 25.4. The van der Waals surface area contributed by atoms with Crippen molar-refractivity contribution in [2.45, 2.75) is 45.8 Å². The van der Waals surface area contributed by atoms with Crippen LogP contribution in [0.4, 0.5) is 0 Å². The van der Waals surface area contributed by atoms with Gasteiger partial charge in [0.05, 0.1) is 20.2 Å². The number of ether oxygens (including phenoxy) is 2. The Morgan fingerprint density at radius 2 is 1.49 bits per heavy atom. The van der Waals surface area contributed by atoms with Crippen LogP contribution in [0.15, 0.2) is 103 Å². The molecular formula is C36H43N3O4. The summed E-state index contributed by atoms with van der Waals surface area (Å²) in [6.45, 7) is 5.19. The molecule has 0 unspecified atom stereocenters. The first kappa shape index (κ1) is 31.6. The van der Waals surface area contributed by atoms with E-state index in [0.717, 1.165) is 28.1 Å². The van der Waals surface area contributed by atoms with Crippen molar-refractivity contribution < 1.29 is 19.1 Å². The van der Waals surface area contributed by atoms with Gasteiger partial charge in [-0.3, -0.25) is 9.59 Å². The molecule has 3 aromatic carbocycles. The molecule has 0 saturated carbocycles. The van der Waals surface area contributed by atoms with Crippen LogP contribution in [0.2, 0.25) is 0 Å². The van der Waals surface area contributed by atoms with Gasteiger partial charge in [0.1, 0.15) is 5.75 Å². The van der Waals surface area contributed by atoms with Crippen molar-refractivity contribution in [2.75, 3.05) is 33.4 Å². The number of amides is 2. The summed E-state index contributed by atoms with van der Waals surface area (Å²) < 4.78 is 13.1. The third-order valence-electron chi connectivity index (χ3n) is 7.40. The van der Waals surface area contributed by atoms with Gasteiger partial charge in [-0.25, -0.2) is 0 Å². The van der Waals surface area contributed by atoms with E-state index in [-0.39, 0.29) is 18.4 Å². The fourth-order valence-electron chi connectivity index (χ4n) is 5.06. The van der Waals surface area contributed by atoms with E-state index in [1.165, 1.54) is 0 Å². The molecule has 0 aliphatic rings. The number of carbonyl (C=O) groups is 2. The molecule has 1 heterocycles. The monoisotopic (exact) mass is 581 g/mol. The van der Waals surface area contributed by atoms with E-state index in [2.05, 4.69) is 16.7 Å². The largest absolute Gasteiger partial charge is 0.497 e. The molecule has 0 fully saturated rings. The van der Waals surface area contributed by atoms with Crippen molar-refractivity contribution in [1.82, 2.24) is 14.4 Å². The second-order valence-corrected chi connectivity index (χ2v) is 10.6. The maximum atomic E-state index is 14.0. The zero-order valence-corrected chi connectivity index (χ0v) is 25.4. The molecular weight excluding hydrogens is 538 g/mol. The van der Waals surface area contributed by atoms with Crippen molar-refractivity contribution in [3.05, 3.63) is 126 Å². The van der Waals surface area contributed by atoms with Gasteiger partial charge in [0, 0.05) is 51.2 Å². The summed E-state index contributed by atoms with van der Waals surface area (Å²) >= 11 is 0. The Hall–Kier alpha value is -4.36. The van der Waals surface area contributed by atoms with Crippen molar-refractivity contribution >= 4 is 11.8 Å². The van der Waals surface area contributed by atoms with Gasteiger partial charge in [-0.1, -0.05) is 72.8 Å². The Morgan fingerprint density at radius 1 is 0.767 bits per heavy atom. The van der Waals surface area contributed by atoms with Crippen molar-refractivity contribution in [2.24, 2.45) is 0 Å². The third-order valence-corrected chi connectivity index (χ3v) is 7.40. The van der Waals surface area contributed by atoms with Gasteiger partial charge in [0.2, 0.25) is 11.8 Å². The first-order chi connectivity index (χ1) is 21.1. The minimum Gasteiger partial charge on any atom is -0.497 e. The highest BCUT2D eigenvalue weighted by Crippen LogP contribution is 2.17. The number of hydrogen-bond acceptors (Lipinski definition) is 4. The summed E-state index contributed by atoms with van der Waals surface area (Å²) in [7, 11) is 1.67. The molecule has 0 atom stereocenters. The summed E-state index contributed by atoms with van der Waals surface area (Å²) in [6, 6.07) is 32.1. The van der Waals surface area contributed by atoms with Gasteiger partial charge in [-0.2, -0.15) is 0 Å². The lowest BCUT2D eigenvalue weighted by Gasteiger charge is -2.28. The van der Waals surface area contributed by atoms with Crippen LogP contribution in [0, 0.1) is 0 Å². The summed E-state index contributed by atoms with van der Waals surface area (Å²) in [5.74, 6) is 0.714. The first-order valence-electron chi connectivity index (χ1n) is 15.0. The molecule has 0 bridgehead atoms. The second kappa shape index (κ2) is 16.9. The molecule has 1 aromatic heterocycles. The summed E-state index contributed by atoms with van der Waals surface area (Å²) in [5.41, 5.74) is 4.28. The van der Waals surface area contributed by atoms with Gasteiger partial charge in [-0.15, -0.1) is 0 Å². The average Bonchev–Trinajstić information content (AvgIpc) is 3.48. The molecule has 7 nitrogen and oxygen atoms in total. The number of carbonyl (C=O) groups excluding carboxylic acids is 2. The molecule has 43 heavy (non-hydrogen) atoms. The van der Waals surface area contributed by atoms with E-state index in [9.17, 15) is 9.59 Å². The Morgan fingerprint density at radius 3 is 2.21 bits per heavy atom. The first-order valence-corrected chi connectivity index (χ1v) is 15.0. The predicted molar refractivity (Wildman–Crippen MR) is 170 cm³/mol. The summed E-state index contributed by atoms with van der Waals surface area (Å²) in [4.78, 5) is 31.0. The molecule has 0 aliphatic carbocycles. The Bertz CT molecular complexity index is 1400. The average molecular weight is 582 g/mol. The van der Waals surface area contributed by atoms with E-state index >= 15 is 0 Å². The van der Waals surface area contributed by atoms with Crippen LogP contribution in [0.1, 0.15) is 42.1 Å². The molecule has 0 N–H and O–H groups in total. The topological polar surface area (TPSA) is 64.0 Å². The number of aromatic nitrogens is 1. The van der Waals surface area contributed by atoms with E-state index < -0.39 is 0 Å². The lowest BCUT2D eigenvalue weighted by Crippen LogP contribution is -2.43. The quantitative estimate of drug-likeness (QED) is 0.144. The van der Waals surface area contributed by atoms with Crippen LogP contribution in [-0.4, -0.2) is 59.6 Å². The van der Waals surface area contributed by atoms with Gasteiger partial charge >= 0.3 is 0 Å². The highest BCUT2D eigenvalue weighted by atomic mass is 16.5. The second-order valence-electron chi connectivity index (χ2n) is 10.6. The number of hydrogen-bond donors (Lipinski definition) is 0. The minimum absolute atomic E-state index is 0.0187. The van der Waals surface area contributed by atoms with Gasteiger partial charge in [0.25, 0.3) is 0 Å². The molecule has 7 heteroatoms. The van der Waals surface area contributed by atoms with Gasteiger partial charge in [-0.05, 0) is 60.7 Å². The maximum Gasteiger partial charge on any atom is 0.242 e. The number of rotatable bonds is 17. The summed E-state index contributed by atoms with van der Waals surface area (Å²) in [6.07, 6.45) is 3.71. The summed E-state index contributed by atoms with van der Waals surface area (Å²) in [5, 5.41) is 0. The molecule has 0 spiro atoms.